The summed E-state index contributed by atoms with van der Waals surface area (Å²) in [7, 11) is 0. The van der Waals surface area contributed by atoms with Gasteiger partial charge in [-0.05, 0) is 50.6 Å². The number of aromatic nitrogens is 4. The van der Waals surface area contributed by atoms with Crippen molar-refractivity contribution in [3.05, 3.63) is 57.7 Å². The van der Waals surface area contributed by atoms with Crippen molar-refractivity contribution in [1.29, 1.82) is 0 Å². The van der Waals surface area contributed by atoms with Crippen LogP contribution in [0.1, 0.15) is 35.8 Å². The zero-order valence-corrected chi connectivity index (χ0v) is 16.4. The molecular formula is C19H19Cl2N5O. The first-order chi connectivity index (χ1) is 13.1. The summed E-state index contributed by atoms with van der Waals surface area (Å²) >= 11 is 12.3. The van der Waals surface area contributed by atoms with Crippen molar-refractivity contribution in [2.45, 2.75) is 32.2 Å². The molecule has 1 aromatic carbocycles. The summed E-state index contributed by atoms with van der Waals surface area (Å²) in [5, 5.41) is 5.54. The fourth-order valence-electron chi connectivity index (χ4n) is 3.25. The van der Waals surface area contributed by atoms with E-state index in [1.54, 1.807) is 18.5 Å². The largest absolute Gasteiger partial charge is 0.332 e. The highest BCUT2D eigenvalue weighted by Crippen LogP contribution is 2.29. The molecule has 6 nitrogen and oxygen atoms in total. The van der Waals surface area contributed by atoms with Crippen molar-refractivity contribution < 1.29 is 4.52 Å². The van der Waals surface area contributed by atoms with Crippen molar-refractivity contribution in [2.24, 2.45) is 0 Å². The van der Waals surface area contributed by atoms with Crippen molar-refractivity contribution >= 4 is 23.2 Å². The Morgan fingerprint density at radius 2 is 1.96 bits per heavy atom. The first-order valence-electron chi connectivity index (χ1n) is 8.87. The van der Waals surface area contributed by atoms with Gasteiger partial charge in [0.25, 0.3) is 5.89 Å². The van der Waals surface area contributed by atoms with E-state index in [1.165, 1.54) is 0 Å². The van der Waals surface area contributed by atoms with Gasteiger partial charge >= 0.3 is 0 Å². The third kappa shape index (κ3) is 4.29. The number of aryl methyl sites for hydroxylation is 1. The predicted molar refractivity (Wildman–Crippen MR) is 104 cm³/mol. The number of piperidine rings is 1. The van der Waals surface area contributed by atoms with Crippen molar-refractivity contribution in [1.82, 2.24) is 25.0 Å². The lowest BCUT2D eigenvalue weighted by molar-refractivity contribution is 0.200. The molecule has 8 heteroatoms. The van der Waals surface area contributed by atoms with Gasteiger partial charge in [-0.3, -0.25) is 9.88 Å². The smallest absolute Gasteiger partial charge is 0.278 e. The maximum Gasteiger partial charge on any atom is 0.278 e. The molecule has 0 spiro atoms. The molecule has 0 unspecified atom stereocenters. The molecule has 0 aliphatic carbocycles. The number of likely N-dealkylation sites (tertiary alicyclic amines) is 1. The Bertz CT molecular complexity index is 920. The normalized spacial score (nSPS) is 16.0. The maximum atomic E-state index is 6.29. The Hall–Kier alpha value is -2.02. The molecule has 0 N–H and O–H groups in total. The Morgan fingerprint density at radius 1 is 1.15 bits per heavy atom. The van der Waals surface area contributed by atoms with E-state index >= 15 is 0 Å². The molecule has 4 rings (SSSR count). The van der Waals surface area contributed by atoms with Crippen molar-refractivity contribution in [3.63, 3.8) is 0 Å². The van der Waals surface area contributed by atoms with Gasteiger partial charge in [0.15, 0.2) is 5.82 Å². The summed E-state index contributed by atoms with van der Waals surface area (Å²) in [6.45, 7) is 4.62. The minimum atomic E-state index is 0.290. The molecule has 1 fully saturated rings. The Kier molecular flexibility index (Phi) is 5.38. The second-order valence-electron chi connectivity index (χ2n) is 6.79. The van der Waals surface area contributed by atoms with E-state index in [2.05, 4.69) is 25.0 Å². The van der Waals surface area contributed by atoms with Gasteiger partial charge in [-0.2, -0.15) is 4.98 Å². The van der Waals surface area contributed by atoms with E-state index in [1.807, 2.05) is 19.1 Å². The second-order valence-corrected chi connectivity index (χ2v) is 7.63. The molecule has 1 aliphatic heterocycles. The summed E-state index contributed by atoms with van der Waals surface area (Å²) in [6, 6.07) is 5.66. The number of benzene rings is 1. The molecule has 1 aliphatic rings. The molecule has 3 aromatic rings. The van der Waals surface area contributed by atoms with Gasteiger partial charge in [0.1, 0.15) is 5.69 Å². The molecular weight excluding hydrogens is 385 g/mol. The van der Waals surface area contributed by atoms with Crippen LogP contribution in [0.15, 0.2) is 35.1 Å². The number of nitrogens with zero attached hydrogens (tertiary/aromatic N) is 5. The highest BCUT2D eigenvalue weighted by molar-refractivity contribution is 6.35. The lowest BCUT2D eigenvalue weighted by Crippen LogP contribution is -2.32. The number of halogens is 2. The highest BCUT2D eigenvalue weighted by Gasteiger charge is 2.25. The summed E-state index contributed by atoms with van der Waals surface area (Å²) in [4.78, 5) is 15.4. The average molecular weight is 404 g/mol. The van der Waals surface area contributed by atoms with Gasteiger partial charge in [-0.25, -0.2) is 4.98 Å². The zero-order valence-electron chi connectivity index (χ0n) is 14.9. The van der Waals surface area contributed by atoms with Crippen LogP contribution in [0.2, 0.25) is 10.0 Å². The minimum Gasteiger partial charge on any atom is -0.332 e. The van der Waals surface area contributed by atoms with Gasteiger partial charge in [0.05, 0.1) is 11.9 Å². The second kappa shape index (κ2) is 7.92. The first-order valence-corrected chi connectivity index (χ1v) is 9.63. The quantitative estimate of drug-likeness (QED) is 0.637. The standard InChI is InChI=1S/C19H19Cl2N5O/c1-12-9-23-17(10-22-12)19-24-18(25-27-19)13-4-6-26(7-5-13)11-14-2-3-15(20)8-16(14)21/h2-3,8-10,13H,4-7,11H2,1H3. The van der Waals surface area contributed by atoms with Gasteiger partial charge in [-0.1, -0.05) is 34.4 Å². The fraction of sp³-hybridized carbons (Fsp3) is 0.368. The van der Waals surface area contributed by atoms with Crippen molar-refractivity contribution in [3.8, 4) is 11.6 Å². The molecule has 2 aromatic heterocycles. The molecule has 0 bridgehead atoms. The van der Waals surface area contributed by atoms with Crippen molar-refractivity contribution in [2.75, 3.05) is 13.1 Å². The lowest BCUT2D eigenvalue weighted by Gasteiger charge is -2.30. The van der Waals surface area contributed by atoms with Crippen LogP contribution in [-0.2, 0) is 6.54 Å². The van der Waals surface area contributed by atoms with E-state index < -0.39 is 0 Å². The third-order valence-corrected chi connectivity index (χ3v) is 5.39. The van der Waals surface area contributed by atoms with E-state index in [-0.39, 0.29) is 5.92 Å². The maximum absolute atomic E-state index is 6.29. The highest BCUT2D eigenvalue weighted by atomic mass is 35.5. The Labute approximate surface area is 167 Å². The molecule has 27 heavy (non-hydrogen) atoms. The van der Waals surface area contributed by atoms with Crippen LogP contribution in [0.25, 0.3) is 11.6 Å². The minimum absolute atomic E-state index is 0.290. The van der Waals surface area contributed by atoms with E-state index in [4.69, 9.17) is 27.7 Å². The van der Waals surface area contributed by atoms with Crippen LogP contribution >= 0.6 is 23.2 Å². The zero-order chi connectivity index (χ0) is 18.8. The Morgan fingerprint density at radius 3 is 2.67 bits per heavy atom. The fourth-order valence-corrected chi connectivity index (χ4v) is 3.72. The number of hydrogen-bond acceptors (Lipinski definition) is 6. The van der Waals surface area contributed by atoms with Gasteiger partial charge < -0.3 is 4.52 Å². The molecule has 3 heterocycles. The molecule has 0 atom stereocenters. The molecule has 0 saturated carbocycles. The SMILES string of the molecule is Cc1cnc(-c2nc(C3CCN(Cc4ccc(Cl)cc4Cl)CC3)no2)cn1. The topological polar surface area (TPSA) is 67.9 Å². The molecule has 1 saturated heterocycles. The first kappa shape index (κ1) is 18.3. The van der Waals surface area contributed by atoms with E-state index in [9.17, 15) is 0 Å². The third-order valence-electron chi connectivity index (χ3n) is 4.80. The number of hydrogen-bond donors (Lipinski definition) is 0. The summed E-state index contributed by atoms with van der Waals surface area (Å²) < 4.78 is 5.39. The molecule has 0 amide bonds. The van der Waals surface area contributed by atoms with Crippen LogP contribution < -0.4 is 0 Å². The predicted octanol–water partition coefficient (Wildman–Crippen LogP) is 4.52. The molecule has 140 valence electrons. The van der Waals surface area contributed by atoms with E-state index in [0.717, 1.165) is 49.6 Å². The van der Waals surface area contributed by atoms with Crippen LogP contribution in [0, 0.1) is 6.92 Å². The summed E-state index contributed by atoms with van der Waals surface area (Å²) in [6.07, 6.45) is 5.30. The van der Waals surface area contributed by atoms with Crippen LogP contribution in [0.4, 0.5) is 0 Å². The summed E-state index contributed by atoms with van der Waals surface area (Å²) in [5.41, 5.74) is 2.56. The Balaban J connectivity index is 1.37. The van der Waals surface area contributed by atoms with Gasteiger partial charge in [0.2, 0.25) is 0 Å². The van der Waals surface area contributed by atoms with Crippen LogP contribution in [0.5, 0.6) is 0 Å². The van der Waals surface area contributed by atoms with Crippen LogP contribution in [-0.4, -0.2) is 38.1 Å². The number of rotatable bonds is 4. The van der Waals surface area contributed by atoms with Gasteiger partial charge in [-0.15, -0.1) is 0 Å². The van der Waals surface area contributed by atoms with E-state index in [0.29, 0.717) is 21.6 Å². The summed E-state index contributed by atoms with van der Waals surface area (Å²) in [5.74, 6) is 1.46. The molecule has 0 radical (unpaired) electrons. The van der Waals surface area contributed by atoms with Gasteiger partial charge in [0, 0.05) is 28.7 Å². The lowest BCUT2D eigenvalue weighted by atomic mass is 9.96. The average Bonchev–Trinajstić information content (AvgIpc) is 3.15. The van der Waals surface area contributed by atoms with Crippen LogP contribution in [0.3, 0.4) is 0 Å². The monoisotopic (exact) mass is 403 g/mol.